The van der Waals surface area contributed by atoms with E-state index in [0.29, 0.717) is 12.6 Å². The average molecular weight is 522 g/mol. The fraction of sp³-hybridized carbons (Fsp3) is 0.478. The SMILES string of the molecule is CCNC(=NCc1ccccn1)NCCCN1CCN(C)CC1c1ccccc1.I. The van der Waals surface area contributed by atoms with E-state index in [-0.39, 0.29) is 24.0 Å². The van der Waals surface area contributed by atoms with Gasteiger partial charge in [0, 0.05) is 51.5 Å². The number of rotatable bonds is 8. The minimum Gasteiger partial charge on any atom is -0.357 e. The highest BCUT2D eigenvalue weighted by Gasteiger charge is 2.25. The number of pyridine rings is 1. The van der Waals surface area contributed by atoms with Crippen LogP contribution in [0.25, 0.3) is 0 Å². The number of aromatic nitrogens is 1. The maximum absolute atomic E-state index is 4.65. The molecule has 1 aromatic heterocycles. The lowest BCUT2D eigenvalue weighted by Crippen LogP contribution is -2.47. The van der Waals surface area contributed by atoms with Gasteiger partial charge in [-0.2, -0.15) is 0 Å². The van der Waals surface area contributed by atoms with Gasteiger partial charge in [0.15, 0.2) is 5.96 Å². The van der Waals surface area contributed by atoms with Crippen molar-refractivity contribution >= 4 is 29.9 Å². The number of nitrogens with one attached hydrogen (secondary N) is 2. The Morgan fingerprint density at radius 3 is 2.63 bits per heavy atom. The van der Waals surface area contributed by atoms with Gasteiger partial charge in [-0.3, -0.25) is 9.88 Å². The molecule has 7 heteroatoms. The number of halogens is 1. The number of aliphatic imine (C=N–C) groups is 1. The summed E-state index contributed by atoms with van der Waals surface area (Å²) in [7, 11) is 2.22. The first-order valence-electron chi connectivity index (χ1n) is 10.7. The predicted molar refractivity (Wildman–Crippen MR) is 135 cm³/mol. The van der Waals surface area contributed by atoms with E-state index in [1.165, 1.54) is 5.56 Å². The third-order valence-electron chi connectivity index (χ3n) is 5.26. The molecular formula is C23H35IN6. The number of nitrogens with zero attached hydrogens (tertiary/aromatic N) is 4. The Hall–Kier alpha value is -1.71. The van der Waals surface area contributed by atoms with Crippen molar-refractivity contribution in [3.63, 3.8) is 0 Å². The molecule has 6 nitrogen and oxygen atoms in total. The molecular weight excluding hydrogens is 487 g/mol. The van der Waals surface area contributed by atoms with Gasteiger partial charge in [-0.1, -0.05) is 36.4 Å². The summed E-state index contributed by atoms with van der Waals surface area (Å²) in [5.41, 5.74) is 2.39. The van der Waals surface area contributed by atoms with Crippen LogP contribution >= 0.6 is 24.0 Å². The summed E-state index contributed by atoms with van der Waals surface area (Å²) in [5, 5.41) is 6.79. The van der Waals surface area contributed by atoms with Crippen LogP contribution in [0.2, 0.25) is 0 Å². The molecule has 3 rings (SSSR count). The minimum atomic E-state index is 0. The maximum Gasteiger partial charge on any atom is 0.191 e. The molecule has 1 atom stereocenters. The smallest absolute Gasteiger partial charge is 0.191 e. The molecule has 0 spiro atoms. The number of piperazine rings is 1. The van der Waals surface area contributed by atoms with Crippen LogP contribution in [0.3, 0.4) is 0 Å². The Bertz CT molecular complexity index is 740. The van der Waals surface area contributed by atoms with Crippen molar-refractivity contribution in [2.24, 2.45) is 4.99 Å². The highest BCUT2D eigenvalue weighted by Crippen LogP contribution is 2.24. The molecule has 0 amide bonds. The zero-order valence-corrected chi connectivity index (χ0v) is 20.5. The van der Waals surface area contributed by atoms with Crippen LogP contribution < -0.4 is 10.6 Å². The fourth-order valence-corrected chi connectivity index (χ4v) is 3.70. The molecule has 1 unspecified atom stereocenters. The van der Waals surface area contributed by atoms with Crippen LogP contribution in [0.4, 0.5) is 0 Å². The first-order valence-corrected chi connectivity index (χ1v) is 10.7. The summed E-state index contributed by atoms with van der Waals surface area (Å²) in [6.07, 6.45) is 2.89. The van der Waals surface area contributed by atoms with Crippen LogP contribution in [-0.4, -0.2) is 67.1 Å². The standard InChI is InChI=1S/C23H34N6.HI/c1-3-24-23(27-18-21-12-7-8-13-25-21)26-14-9-15-29-17-16-28(2)19-22(29)20-10-5-4-6-11-20;/h4-8,10-13,22H,3,9,14-19H2,1-2H3,(H2,24,26,27);1H. The second-order valence-corrected chi connectivity index (χ2v) is 7.52. The Kier molecular flexibility index (Phi) is 11.1. The van der Waals surface area contributed by atoms with E-state index >= 15 is 0 Å². The summed E-state index contributed by atoms with van der Waals surface area (Å²) in [6, 6.07) is 17.3. The van der Waals surface area contributed by atoms with Gasteiger partial charge in [-0.25, -0.2) is 4.99 Å². The summed E-state index contributed by atoms with van der Waals surface area (Å²) >= 11 is 0. The molecule has 2 heterocycles. The van der Waals surface area contributed by atoms with Crippen molar-refractivity contribution in [3.05, 3.63) is 66.0 Å². The maximum atomic E-state index is 4.65. The average Bonchev–Trinajstić information content (AvgIpc) is 2.77. The van der Waals surface area contributed by atoms with Crippen LogP contribution in [-0.2, 0) is 6.54 Å². The second kappa shape index (κ2) is 13.6. The Morgan fingerprint density at radius 1 is 1.10 bits per heavy atom. The van der Waals surface area contributed by atoms with Gasteiger partial charge < -0.3 is 15.5 Å². The normalized spacial score (nSPS) is 17.9. The van der Waals surface area contributed by atoms with Crippen molar-refractivity contribution in [2.45, 2.75) is 25.9 Å². The molecule has 0 radical (unpaired) electrons. The molecule has 2 N–H and O–H groups in total. The van der Waals surface area contributed by atoms with Gasteiger partial charge in [-0.05, 0) is 38.1 Å². The molecule has 2 aromatic rings. The van der Waals surface area contributed by atoms with E-state index in [1.807, 2.05) is 24.4 Å². The molecule has 1 aliphatic rings. The highest BCUT2D eigenvalue weighted by molar-refractivity contribution is 14.0. The van der Waals surface area contributed by atoms with E-state index in [1.54, 1.807) is 0 Å². The molecule has 0 bridgehead atoms. The van der Waals surface area contributed by atoms with Gasteiger partial charge in [-0.15, -0.1) is 24.0 Å². The molecule has 1 saturated heterocycles. The zero-order valence-electron chi connectivity index (χ0n) is 18.1. The molecule has 1 aromatic carbocycles. The van der Waals surface area contributed by atoms with Crippen LogP contribution in [0.1, 0.15) is 30.6 Å². The Morgan fingerprint density at radius 2 is 1.90 bits per heavy atom. The van der Waals surface area contributed by atoms with Crippen LogP contribution in [0.5, 0.6) is 0 Å². The lowest BCUT2D eigenvalue weighted by atomic mass is 10.0. The fourth-order valence-electron chi connectivity index (χ4n) is 3.70. The number of likely N-dealkylation sites (N-methyl/N-ethyl adjacent to an activating group) is 1. The number of hydrogen-bond donors (Lipinski definition) is 2. The van der Waals surface area contributed by atoms with E-state index in [4.69, 9.17) is 0 Å². The largest absolute Gasteiger partial charge is 0.357 e. The third kappa shape index (κ3) is 7.85. The van der Waals surface area contributed by atoms with Crippen LogP contribution in [0.15, 0.2) is 59.7 Å². The summed E-state index contributed by atoms with van der Waals surface area (Å²) in [4.78, 5) is 14.0. The minimum absolute atomic E-state index is 0. The van der Waals surface area contributed by atoms with Gasteiger partial charge in [0.25, 0.3) is 0 Å². The van der Waals surface area contributed by atoms with E-state index < -0.39 is 0 Å². The van der Waals surface area contributed by atoms with E-state index in [9.17, 15) is 0 Å². The zero-order chi connectivity index (χ0) is 20.3. The van der Waals surface area contributed by atoms with Crippen molar-refractivity contribution in [3.8, 4) is 0 Å². The quantitative estimate of drug-likeness (QED) is 0.242. The second-order valence-electron chi connectivity index (χ2n) is 7.52. The summed E-state index contributed by atoms with van der Waals surface area (Å²) < 4.78 is 0. The van der Waals surface area contributed by atoms with Crippen LogP contribution in [0, 0.1) is 0 Å². The van der Waals surface area contributed by atoms with Gasteiger partial charge >= 0.3 is 0 Å². The van der Waals surface area contributed by atoms with Gasteiger partial charge in [0.2, 0.25) is 0 Å². The van der Waals surface area contributed by atoms with E-state index in [2.05, 4.69) is 74.7 Å². The first-order chi connectivity index (χ1) is 14.3. The number of benzene rings is 1. The molecule has 1 fully saturated rings. The summed E-state index contributed by atoms with van der Waals surface area (Å²) in [6.45, 7) is 8.85. The highest BCUT2D eigenvalue weighted by atomic mass is 127. The Balaban J connectivity index is 0.00000320. The third-order valence-corrected chi connectivity index (χ3v) is 5.26. The molecule has 164 valence electrons. The van der Waals surface area contributed by atoms with Crippen molar-refractivity contribution in [1.82, 2.24) is 25.4 Å². The number of hydrogen-bond acceptors (Lipinski definition) is 4. The van der Waals surface area contributed by atoms with Crippen molar-refractivity contribution in [2.75, 3.05) is 46.3 Å². The Labute approximate surface area is 198 Å². The molecule has 0 saturated carbocycles. The van der Waals surface area contributed by atoms with Crippen molar-refractivity contribution < 1.29 is 0 Å². The summed E-state index contributed by atoms with van der Waals surface area (Å²) in [5.74, 6) is 0.858. The lowest BCUT2D eigenvalue weighted by molar-refractivity contribution is 0.0891. The topological polar surface area (TPSA) is 55.8 Å². The van der Waals surface area contributed by atoms with Gasteiger partial charge in [0.05, 0.1) is 12.2 Å². The monoisotopic (exact) mass is 522 g/mol. The van der Waals surface area contributed by atoms with E-state index in [0.717, 1.165) is 57.3 Å². The lowest BCUT2D eigenvalue weighted by Gasteiger charge is -2.40. The predicted octanol–water partition coefficient (Wildman–Crippen LogP) is 3.13. The molecule has 30 heavy (non-hydrogen) atoms. The number of guanidine groups is 1. The van der Waals surface area contributed by atoms with Gasteiger partial charge in [0.1, 0.15) is 0 Å². The first kappa shape index (κ1) is 24.6. The molecule has 1 aliphatic heterocycles. The van der Waals surface area contributed by atoms with Crippen molar-refractivity contribution in [1.29, 1.82) is 0 Å². The molecule has 0 aliphatic carbocycles.